The Labute approximate surface area is 151 Å². The van der Waals surface area contributed by atoms with Crippen molar-refractivity contribution in [3.8, 4) is 0 Å². The number of alkyl halides is 1. The highest BCUT2D eigenvalue weighted by molar-refractivity contribution is 6.22. The summed E-state index contributed by atoms with van der Waals surface area (Å²) in [6.45, 7) is 1.30. The molecule has 3 aliphatic heterocycles. The van der Waals surface area contributed by atoms with Crippen LogP contribution in [-0.2, 0) is 0 Å². The molecule has 1 aromatic heterocycles. The predicted molar refractivity (Wildman–Crippen MR) is 100 cm³/mol. The number of hydrogen-bond acceptors (Lipinski definition) is 4. The molecule has 0 bridgehead atoms. The molecule has 1 unspecified atom stereocenters. The largest absolute Gasteiger partial charge is 0.356 e. The van der Waals surface area contributed by atoms with E-state index in [4.69, 9.17) is 0 Å². The van der Waals surface area contributed by atoms with Crippen molar-refractivity contribution in [1.29, 1.82) is 0 Å². The van der Waals surface area contributed by atoms with Crippen molar-refractivity contribution in [3.05, 3.63) is 53.6 Å². The summed E-state index contributed by atoms with van der Waals surface area (Å²) in [5.41, 5.74) is 6.26. The Balaban J connectivity index is 1.41. The van der Waals surface area contributed by atoms with Crippen molar-refractivity contribution < 1.29 is 8.97 Å². The van der Waals surface area contributed by atoms with Crippen LogP contribution < -0.4 is 4.90 Å². The minimum atomic E-state index is -0.265. The zero-order valence-corrected chi connectivity index (χ0v) is 14.6. The molecule has 0 N–H and O–H groups in total. The van der Waals surface area contributed by atoms with Gasteiger partial charge in [0.05, 0.1) is 23.8 Å². The van der Waals surface area contributed by atoms with Gasteiger partial charge in [-0.1, -0.05) is 6.07 Å². The fourth-order valence-corrected chi connectivity index (χ4v) is 3.72. The van der Waals surface area contributed by atoms with Crippen LogP contribution in [0.25, 0.3) is 5.57 Å². The molecule has 6 heteroatoms. The SMILES string of the molecule is C[N+]1=CC(c2ccc3c(c2)C(c2cc(N4CCC(CF)C4)ncn2)=N3)=C1. The van der Waals surface area contributed by atoms with Crippen molar-refractivity contribution in [3.63, 3.8) is 0 Å². The van der Waals surface area contributed by atoms with Gasteiger partial charge in [-0.15, -0.1) is 0 Å². The van der Waals surface area contributed by atoms with Crippen molar-refractivity contribution in [2.24, 2.45) is 10.9 Å². The molecule has 1 fully saturated rings. The monoisotopic (exact) mass is 348 g/mol. The zero-order valence-electron chi connectivity index (χ0n) is 14.6. The maximum absolute atomic E-state index is 12.9. The van der Waals surface area contributed by atoms with Crippen LogP contribution in [0.3, 0.4) is 0 Å². The number of nitrogens with zero attached hydrogens (tertiary/aromatic N) is 5. The second-order valence-electron chi connectivity index (χ2n) is 7.09. The molecule has 1 saturated heterocycles. The third-order valence-electron chi connectivity index (χ3n) is 5.23. The quantitative estimate of drug-likeness (QED) is 0.681. The first-order valence-corrected chi connectivity index (χ1v) is 8.87. The minimum absolute atomic E-state index is 0.114. The lowest BCUT2D eigenvalue weighted by molar-refractivity contribution is -0.423. The van der Waals surface area contributed by atoms with Crippen LogP contribution >= 0.6 is 0 Å². The maximum atomic E-state index is 12.9. The highest BCUT2D eigenvalue weighted by Gasteiger charge is 2.27. The number of benzene rings is 1. The Morgan fingerprint density at radius 1 is 1.27 bits per heavy atom. The summed E-state index contributed by atoms with van der Waals surface area (Å²) >= 11 is 0. The Bertz CT molecular complexity index is 991. The average Bonchev–Trinajstić information content (AvgIpc) is 3.10. The summed E-state index contributed by atoms with van der Waals surface area (Å²) in [7, 11) is 2.02. The van der Waals surface area contributed by atoms with E-state index < -0.39 is 0 Å². The van der Waals surface area contributed by atoms with Gasteiger partial charge in [-0.3, -0.25) is 4.39 Å². The second-order valence-corrected chi connectivity index (χ2v) is 7.09. The van der Waals surface area contributed by atoms with Gasteiger partial charge >= 0.3 is 0 Å². The number of halogens is 1. The summed E-state index contributed by atoms with van der Waals surface area (Å²) in [6, 6.07) is 8.29. The fourth-order valence-electron chi connectivity index (χ4n) is 3.72. The Morgan fingerprint density at radius 3 is 2.92 bits per heavy atom. The number of allylic oxidation sites excluding steroid dienone is 1. The molecule has 5 nitrogen and oxygen atoms in total. The maximum Gasteiger partial charge on any atom is 0.182 e. The molecule has 0 radical (unpaired) electrons. The van der Waals surface area contributed by atoms with Gasteiger partial charge in [0, 0.05) is 30.6 Å². The standard InChI is InChI=1S/C20H19FN5/c1-25-10-15(11-25)14-2-3-17-16(6-14)20(24-17)18-7-19(23-12-22-18)26-5-4-13(8-21)9-26/h2-3,6-7,10-13H,4-5,8-9H2,1H3/q+1. The van der Waals surface area contributed by atoms with E-state index in [1.165, 1.54) is 11.1 Å². The summed E-state index contributed by atoms with van der Waals surface area (Å²) in [5, 5.41) is 0. The molecule has 5 rings (SSSR count). The Kier molecular flexibility index (Phi) is 3.45. The van der Waals surface area contributed by atoms with Crippen molar-refractivity contribution in [2.75, 3.05) is 31.7 Å². The van der Waals surface area contributed by atoms with E-state index in [0.717, 1.165) is 48.0 Å². The van der Waals surface area contributed by atoms with Gasteiger partial charge in [-0.25, -0.2) is 19.5 Å². The number of hydrogen-bond donors (Lipinski definition) is 0. The van der Waals surface area contributed by atoms with Crippen LogP contribution in [0.2, 0.25) is 0 Å². The molecular formula is C20H19FN5+. The van der Waals surface area contributed by atoms with E-state index in [1.54, 1.807) is 6.33 Å². The molecule has 1 atom stereocenters. The van der Waals surface area contributed by atoms with E-state index in [-0.39, 0.29) is 12.6 Å². The molecule has 0 amide bonds. The molecule has 1 aromatic carbocycles. The van der Waals surface area contributed by atoms with Crippen LogP contribution in [0.15, 0.2) is 41.8 Å². The Morgan fingerprint density at radius 2 is 2.15 bits per heavy atom. The van der Waals surface area contributed by atoms with Crippen LogP contribution in [0.4, 0.5) is 15.9 Å². The number of aromatic nitrogens is 2. The lowest BCUT2D eigenvalue weighted by Crippen LogP contribution is -2.22. The summed E-state index contributed by atoms with van der Waals surface area (Å²) in [4.78, 5) is 15.6. The molecule has 26 heavy (non-hydrogen) atoms. The fraction of sp³-hybridized carbons (Fsp3) is 0.300. The highest BCUT2D eigenvalue weighted by atomic mass is 19.1. The van der Waals surface area contributed by atoms with Gasteiger partial charge in [0.2, 0.25) is 0 Å². The molecular weight excluding hydrogens is 329 g/mol. The van der Waals surface area contributed by atoms with Crippen LogP contribution in [0.5, 0.6) is 0 Å². The van der Waals surface area contributed by atoms with Gasteiger partial charge in [0.25, 0.3) is 0 Å². The molecule has 130 valence electrons. The summed E-state index contributed by atoms with van der Waals surface area (Å²) in [5.74, 6) is 0.970. The first-order valence-electron chi connectivity index (χ1n) is 8.87. The average molecular weight is 348 g/mol. The number of anilines is 1. The molecule has 4 heterocycles. The third-order valence-corrected chi connectivity index (χ3v) is 5.23. The van der Waals surface area contributed by atoms with Crippen molar-refractivity contribution in [1.82, 2.24) is 9.97 Å². The topological polar surface area (TPSA) is 44.4 Å². The predicted octanol–water partition coefficient (Wildman–Crippen LogP) is 2.82. The Hall–Kier alpha value is -2.89. The normalized spacial score (nSPS) is 20.6. The van der Waals surface area contributed by atoms with E-state index in [0.29, 0.717) is 0 Å². The lowest BCUT2D eigenvalue weighted by Gasteiger charge is -2.21. The van der Waals surface area contributed by atoms with Crippen LogP contribution in [0, 0.1) is 5.92 Å². The summed E-state index contributed by atoms with van der Waals surface area (Å²) < 4.78 is 14.9. The lowest BCUT2D eigenvalue weighted by atomic mass is 9.94. The third kappa shape index (κ3) is 2.44. The van der Waals surface area contributed by atoms with Crippen LogP contribution in [0.1, 0.15) is 23.2 Å². The van der Waals surface area contributed by atoms with Crippen LogP contribution in [-0.4, -0.2) is 53.3 Å². The van der Waals surface area contributed by atoms with Gasteiger partial charge in [0.1, 0.15) is 24.8 Å². The molecule has 2 aromatic rings. The number of aliphatic imine (C=N–C) groups is 1. The highest BCUT2D eigenvalue weighted by Crippen LogP contribution is 2.35. The van der Waals surface area contributed by atoms with E-state index in [9.17, 15) is 4.39 Å². The van der Waals surface area contributed by atoms with E-state index in [2.05, 4.69) is 50.5 Å². The number of rotatable bonds is 4. The van der Waals surface area contributed by atoms with Crippen molar-refractivity contribution >= 4 is 29.0 Å². The van der Waals surface area contributed by atoms with E-state index in [1.807, 2.05) is 17.7 Å². The second kappa shape index (κ2) is 5.83. The zero-order chi connectivity index (χ0) is 17.7. The molecule has 0 aliphatic carbocycles. The summed E-state index contributed by atoms with van der Waals surface area (Å²) in [6.07, 6.45) is 6.67. The molecule has 3 aliphatic rings. The molecule has 0 spiro atoms. The van der Waals surface area contributed by atoms with Gasteiger partial charge in [0.15, 0.2) is 12.4 Å². The smallest absolute Gasteiger partial charge is 0.182 e. The van der Waals surface area contributed by atoms with Crippen molar-refractivity contribution in [2.45, 2.75) is 6.42 Å². The van der Waals surface area contributed by atoms with Gasteiger partial charge in [-0.05, 0) is 24.1 Å². The first kappa shape index (κ1) is 15.4. The van der Waals surface area contributed by atoms with Gasteiger partial charge in [-0.2, -0.15) is 0 Å². The minimum Gasteiger partial charge on any atom is -0.356 e. The van der Waals surface area contributed by atoms with Gasteiger partial charge < -0.3 is 4.90 Å². The van der Waals surface area contributed by atoms with E-state index >= 15 is 0 Å². The number of fused-ring (bicyclic) bond motifs is 1. The molecule has 0 saturated carbocycles. The first-order chi connectivity index (χ1) is 12.7.